The highest BCUT2D eigenvalue weighted by Gasteiger charge is 2.15. The highest BCUT2D eigenvalue weighted by molar-refractivity contribution is 6.28. The van der Waals surface area contributed by atoms with E-state index >= 15 is 0 Å². The molecule has 0 N–H and O–H groups in total. The zero-order chi connectivity index (χ0) is 10.7. The van der Waals surface area contributed by atoms with Gasteiger partial charge in [-0.05, 0) is 37.3 Å². The van der Waals surface area contributed by atoms with E-state index in [1.54, 1.807) is 0 Å². The fourth-order valence-electron chi connectivity index (χ4n) is 1.96. The van der Waals surface area contributed by atoms with Gasteiger partial charge in [0.05, 0.1) is 6.61 Å². The van der Waals surface area contributed by atoms with Gasteiger partial charge in [0.15, 0.2) is 0 Å². The fraction of sp³-hybridized carbons (Fsp3) is 0.636. The molecule has 1 aliphatic carbocycles. The molecule has 3 nitrogen and oxygen atoms in total. The molecule has 1 heterocycles. The van der Waals surface area contributed by atoms with Gasteiger partial charge in [0, 0.05) is 11.8 Å². The minimum atomic E-state index is 0.261. The number of halogens is 1. The SMILES string of the molecule is Cc1cc(OCC2CCCC2)nc(Cl)n1. The van der Waals surface area contributed by atoms with E-state index in [-0.39, 0.29) is 5.28 Å². The first-order valence-electron chi connectivity index (χ1n) is 5.38. The van der Waals surface area contributed by atoms with Gasteiger partial charge in [-0.1, -0.05) is 12.8 Å². The molecular formula is C11H15ClN2O. The molecule has 0 spiro atoms. The molecule has 1 aliphatic rings. The second-order valence-corrected chi connectivity index (χ2v) is 4.42. The van der Waals surface area contributed by atoms with Gasteiger partial charge >= 0.3 is 0 Å². The van der Waals surface area contributed by atoms with Crippen LogP contribution in [0.3, 0.4) is 0 Å². The molecule has 0 amide bonds. The van der Waals surface area contributed by atoms with Crippen molar-refractivity contribution in [3.05, 3.63) is 17.0 Å². The van der Waals surface area contributed by atoms with Gasteiger partial charge in [-0.15, -0.1) is 0 Å². The van der Waals surface area contributed by atoms with E-state index < -0.39 is 0 Å². The molecule has 82 valence electrons. The standard InChI is InChI=1S/C11H15ClN2O/c1-8-6-10(14-11(12)13-8)15-7-9-4-2-3-5-9/h6,9H,2-5,7H2,1H3. The van der Waals surface area contributed by atoms with Crippen molar-refractivity contribution in [3.63, 3.8) is 0 Å². The Morgan fingerprint density at radius 2 is 2.13 bits per heavy atom. The average molecular weight is 227 g/mol. The van der Waals surface area contributed by atoms with Gasteiger partial charge in [-0.2, -0.15) is 4.98 Å². The van der Waals surface area contributed by atoms with E-state index in [1.165, 1.54) is 25.7 Å². The molecule has 0 unspecified atom stereocenters. The van der Waals surface area contributed by atoms with E-state index in [4.69, 9.17) is 16.3 Å². The van der Waals surface area contributed by atoms with Crippen molar-refractivity contribution in [2.45, 2.75) is 32.6 Å². The summed E-state index contributed by atoms with van der Waals surface area (Å²) in [6, 6.07) is 1.82. The summed E-state index contributed by atoms with van der Waals surface area (Å²) >= 11 is 5.74. The van der Waals surface area contributed by atoms with Crippen LogP contribution in [0.25, 0.3) is 0 Å². The number of nitrogens with zero attached hydrogens (tertiary/aromatic N) is 2. The third-order valence-electron chi connectivity index (χ3n) is 2.75. The largest absolute Gasteiger partial charge is 0.477 e. The summed E-state index contributed by atoms with van der Waals surface area (Å²) in [5.41, 5.74) is 0.844. The molecular weight excluding hydrogens is 212 g/mol. The van der Waals surface area contributed by atoms with Crippen molar-refractivity contribution in [1.29, 1.82) is 0 Å². The minimum Gasteiger partial charge on any atom is -0.477 e. The second-order valence-electron chi connectivity index (χ2n) is 4.08. The van der Waals surface area contributed by atoms with E-state index in [1.807, 2.05) is 13.0 Å². The zero-order valence-corrected chi connectivity index (χ0v) is 9.63. The van der Waals surface area contributed by atoms with Gasteiger partial charge in [0.2, 0.25) is 11.2 Å². The summed E-state index contributed by atoms with van der Waals surface area (Å²) in [6.45, 7) is 2.64. The number of hydrogen-bond acceptors (Lipinski definition) is 3. The molecule has 1 fully saturated rings. The Balaban J connectivity index is 1.92. The third kappa shape index (κ3) is 3.06. The molecule has 1 aromatic rings. The maximum Gasteiger partial charge on any atom is 0.225 e. The minimum absolute atomic E-state index is 0.261. The smallest absolute Gasteiger partial charge is 0.225 e. The fourth-order valence-corrected chi connectivity index (χ4v) is 2.18. The van der Waals surface area contributed by atoms with Gasteiger partial charge in [0.1, 0.15) is 0 Å². The van der Waals surface area contributed by atoms with Crippen molar-refractivity contribution < 1.29 is 4.74 Å². The lowest BCUT2D eigenvalue weighted by atomic mass is 10.1. The molecule has 0 bridgehead atoms. The van der Waals surface area contributed by atoms with Crippen LogP contribution in [-0.4, -0.2) is 16.6 Å². The number of hydrogen-bond donors (Lipinski definition) is 0. The number of aryl methyl sites for hydroxylation is 1. The molecule has 0 radical (unpaired) electrons. The van der Waals surface area contributed by atoms with Crippen LogP contribution in [0.1, 0.15) is 31.4 Å². The maximum absolute atomic E-state index is 5.74. The van der Waals surface area contributed by atoms with E-state index in [0.29, 0.717) is 11.8 Å². The van der Waals surface area contributed by atoms with Gasteiger partial charge in [0.25, 0.3) is 0 Å². The summed E-state index contributed by atoms with van der Waals surface area (Å²) < 4.78 is 5.62. The molecule has 0 atom stereocenters. The topological polar surface area (TPSA) is 35.0 Å². The van der Waals surface area contributed by atoms with Crippen molar-refractivity contribution in [2.75, 3.05) is 6.61 Å². The molecule has 1 aromatic heterocycles. The first-order valence-corrected chi connectivity index (χ1v) is 5.76. The Labute approximate surface area is 94.8 Å². The zero-order valence-electron chi connectivity index (χ0n) is 8.87. The highest BCUT2D eigenvalue weighted by atomic mass is 35.5. The lowest BCUT2D eigenvalue weighted by Crippen LogP contribution is -2.09. The Morgan fingerprint density at radius 3 is 2.80 bits per heavy atom. The summed E-state index contributed by atoms with van der Waals surface area (Å²) in [6.07, 6.45) is 5.21. The van der Waals surface area contributed by atoms with E-state index in [0.717, 1.165) is 12.3 Å². The summed E-state index contributed by atoms with van der Waals surface area (Å²) in [5.74, 6) is 1.29. The highest BCUT2D eigenvalue weighted by Crippen LogP contribution is 2.25. The van der Waals surface area contributed by atoms with Gasteiger partial charge < -0.3 is 4.74 Å². The van der Waals surface area contributed by atoms with Gasteiger partial charge in [-0.3, -0.25) is 0 Å². The summed E-state index contributed by atoms with van der Waals surface area (Å²) in [5, 5.41) is 0.261. The Kier molecular flexibility index (Phi) is 3.41. The number of rotatable bonds is 3. The van der Waals surface area contributed by atoms with Crippen molar-refractivity contribution in [2.24, 2.45) is 5.92 Å². The molecule has 1 saturated carbocycles. The normalized spacial score (nSPS) is 16.9. The second kappa shape index (κ2) is 4.79. The molecule has 15 heavy (non-hydrogen) atoms. The van der Waals surface area contributed by atoms with Crippen LogP contribution in [-0.2, 0) is 0 Å². The van der Waals surface area contributed by atoms with Crippen molar-refractivity contribution >= 4 is 11.6 Å². The molecule has 4 heteroatoms. The van der Waals surface area contributed by atoms with Crippen molar-refractivity contribution in [3.8, 4) is 5.88 Å². The molecule has 0 saturated heterocycles. The van der Waals surface area contributed by atoms with Crippen LogP contribution in [0.2, 0.25) is 5.28 Å². The Morgan fingerprint density at radius 1 is 1.40 bits per heavy atom. The van der Waals surface area contributed by atoms with Crippen LogP contribution in [0, 0.1) is 12.8 Å². The lowest BCUT2D eigenvalue weighted by molar-refractivity contribution is 0.243. The van der Waals surface area contributed by atoms with Crippen LogP contribution in [0.4, 0.5) is 0 Å². The Bertz CT molecular complexity index is 317. The quantitative estimate of drug-likeness (QED) is 0.744. The summed E-state index contributed by atoms with van der Waals surface area (Å²) in [7, 11) is 0. The molecule has 2 rings (SSSR count). The summed E-state index contributed by atoms with van der Waals surface area (Å²) in [4.78, 5) is 8.02. The maximum atomic E-state index is 5.74. The first kappa shape index (κ1) is 10.7. The monoisotopic (exact) mass is 226 g/mol. The van der Waals surface area contributed by atoms with Crippen LogP contribution < -0.4 is 4.74 Å². The van der Waals surface area contributed by atoms with Crippen LogP contribution >= 0.6 is 11.6 Å². The lowest BCUT2D eigenvalue weighted by Gasteiger charge is -2.10. The van der Waals surface area contributed by atoms with E-state index in [2.05, 4.69) is 9.97 Å². The Hall–Kier alpha value is -0.830. The first-order chi connectivity index (χ1) is 7.24. The molecule has 0 aliphatic heterocycles. The average Bonchev–Trinajstić information content (AvgIpc) is 2.65. The van der Waals surface area contributed by atoms with Crippen LogP contribution in [0.5, 0.6) is 5.88 Å². The predicted octanol–water partition coefficient (Wildman–Crippen LogP) is 3.01. The van der Waals surface area contributed by atoms with Crippen LogP contribution in [0.15, 0.2) is 6.07 Å². The predicted molar refractivity (Wildman–Crippen MR) is 59.2 cm³/mol. The molecule has 0 aromatic carbocycles. The van der Waals surface area contributed by atoms with E-state index in [9.17, 15) is 0 Å². The van der Waals surface area contributed by atoms with Crippen molar-refractivity contribution in [1.82, 2.24) is 9.97 Å². The number of ether oxygens (including phenoxy) is 1. The van der Waals surface area contributed by atoms with Gasteiger partial charge in [-0.25, -0.2) is 4.98 Å². The third-order valence-corrected chi connectivity index (χ3v) is 2.91. The number of aromatic nitrogens is 2.